The average Bonchev–Trinajstić information content (AvgIpc) is 2.72. The van der Waals surface area contributed by atoms with Crippen molar-refractivity contribution in [2.45, 2.75) is 32.4 Å². The van der Waals surface area contributed by atoms with E-state index in [2.05, 4.69) is 5.32 Å². The van der Waals surface area contributed by atoms with E-state index in [4.69, 9.17) is 0 Å². The van der Waals surface area contributed by atoms with E-state index < -0.39 is 40.7 Å². The van der Waals surface area contributed by atoms with Crippen LogP contribution in [0.4, 0.5) is 0 Å². The Morgan fingerprint density at radius 3 is 2.64 bits per heavy atom. The van der Waals surface area contributed by atoms with Gasteiger partial charge in [0.25, 0.3) is 0 Å². The Balaban J connectivity index is 2.25. The molecule has 1 fully saturated rings. The van der Waals surface area contributed by atoms with Crippen LogP contribution in [0.3, 0.4) is 0 Å². The first-order valence-corrected chi connectivity index (χ1v) is 7.79. The molecule has 2 aliphatic rings. The van der Waals surface area contributed by atoms with Crippen LogP contribution in [0.25, 0.3) is 0 Å². The van der Waals surface area contributed by atoms with Gasteiger partial charge >= 0.3 is 5.97 Å². The fourth-order valence-electron chi connectivity index (χ4n) is 2.71. The third-order valence-electron chi connectivity index (χ3n) is 3.61. The number of hydrogen-bond donors (Lipinski definition) is 3. The summed E-state index contributed by atoms with van der Waals surface area (Å²) in [4.78, 5) is 35.3. The predicted octanol–water partition coefficient (Wildman–Crippen LogP) is -0.750. The molecule has 2 aliphatic heterocycles. The van der Waals surface area contributed by atoms with Gasteiger partial charge in [-0.3, -0.25) is 9.59 Å². The molecule has 120 valence electrons. The minimum absolute atomic E-state index is 0.107. The molecule has 0 aliphatic carbocycles. The summed E-state index contributed by atoms with van der Waals surface area (Å²) in [6.45, 7) is 2.74. The summed E-state index contributed by atoms with van der Waals surface area (Å²) in [5.41, 5.74) is -0.294. The number of rotatable bonds is 5. The normalized spacial score (nSPS) is 26.7. The number of β-lactam (4-membered cyclic amide) rings is 1. The summed E-state index contributed by atoms with van der Waals surface area (Å²) < 4.78 is 12.2. The summed E-state index contributed by atoms with van der Waals surface area (Å²) in [7, 11) is -1.78. The molecule has 4 atom stereocenters. The number of carboxylic acid groups (broad SMARTS) is 1. The van der Waals surface area contributed by atoms with Crippen LogP contribution in [0.1, 0.15) is 20.3 Å². The zero-order valence-corrected chi connectivity index (χ0v) is 12.8. The van der Waals surface area contributed by atoms with Gasteiger partial charge in [0, 0.05) is 25.0 Å². The van der Waals surface area contributed by atoms with Crippen LogP contribution < -0.4 is 5.32 Å². The number of nitrogens with zero attached hydrogens (tertiary/aromatic N) is 1. The molecule has 0 aromatic rings. The highest BCUT2D eigenvalue weighted by Gasteiger charge is 2.57. The highest BCUT2D eigenvalue weighted by atomic mass is 32.2. The van der Waals surface area contributed by atoms with Gasteiger partial charge in [-0.2, -0.15) is 0 Å². The molecule has 0 saturated carbocycles. The fraction of sp³-hybridized carbons (Fsp3) is 0.462. The SMILES string of the molecule is CC(=O)NC=CS(=O)C1=C(C(=O)O)N2C(=O)[C@H]([C@H](C)O)[C@H]2C1. The number of aliphatic hydroxyl groups is 1. The Bertz CT molecular complexity index is 624. The number of amides is 2. The van der Waals surface area contributed by atoms with Crippen LogP contribution >= 0.6 is 0 Å². The van der Waals surface area contributed by atoms with Gasteiger partial charge in [-0.15, -0.1) is 0 Å². The second-order valence-corrected chi connectivity index (χ2v) is 6.48. The lowest BCUT2D eigenvalue weighted by molar-refractivity contribution is -0.161. The number of carboxylic acids is 1. The molecule has 8 nitrogen and oxygen atoms in total. The van der Waals surface area contributed by atoms with Crippen LogP contribution in [-0.4, -0.2) is 49.3 Å². The monoisotopic (exact) mass is 328 g/mol. The van der Waals surface area contributed by atoms with Gasteiger partial charge < -0.3 is 20.4 Å². The first-order chi connectivity index (χ1) is 10.3. The van der Waals surface area contributed by atoms with Crippen molar-refractivity contribution in [2.24, 2.45) is 5.92 Å². The molecule has 0 spiro atoms. The van der Waals surface area contributed by atoms with Crippen molar-refractivity contribution >= 4 is 28.6 Å². The van der Waals surface area contributed by atoms with Crippen molar-refractivity contribution in [3.63, 3.8) is 0 Å². The molecular formula is C13H16N2O6S. The van der Waals surface area contributed by atoms with Gasteiger partial charge in [0.05, 0.1) is 33.8 Å². The van der Waals surface area contributed by atoms with E-state index in [0.29, 0.717) is 0 Å². The maximum atomic E-state index is 12.2. The summed E-state index contributed by atoms with van der Waals surface area (Å²) in [5, 5.41) is 22.3. The summed E-state index contributed by atoms with van der Waals surface area (Å²) >= 11 is 0. The number of nitrogens with one attached hydrogen (secondary N) is 1. The van der Waals surface area contributed by atoms with E-state index in [9.17, 15) is 28.8 Å². The lowest BCUT2D eigenvalue weighted by Crippen LogP contribution is -2.61. The highest BCUT2D eigenvalue weighted by Crippen LogP contribution is 2.44. The van der Waals surface area contributed by atoms with Gasteiger partial charge in [0.1, 0.15) is 5.70 Å². The van der Waals surface area contributed by atoms with Crippen LogP contribution in [0.15, 0.2) is 22.2 Å². The molecular weight excluding hydrogens is 312 g/mol. The second kappa shape index (κ2) is 6.01. The molecule has 2 heterocycles. The second-order valence-electron chi connectivity index (χ2n) is 5.12. The Morgan fingerprint density at radius 2 is 2.14 bits per heavy atom. The summed E-state index contributed by atoms with van der Waals surface area (Å²) in [6.07, 6.45) is 0.403. The summed E-state index contributed by atoms with van der Waals surface area (Å²) in [6, 6.07) is -0.480. The van der Waals surface area contributed by atoms with Crippen LogP contribution in [0, 0.1) is 5.92 Å². The Labute approximate surface area is 128 Å². The van der Waals surface area contributed by atoms with E-state index in [0.717, 1.165) is 10.3 Å². The van der Waals surface area contributed by atoms with Gasteiger partial charge in [-0.25, -0.2) is 9.00 Å². The molecule has 1 saturated heterocycles. The minimum atomic E-state index is -1.78. The van der Waals surface area contributed by atoms with Gasteiger partial charge in [-0.05, 0) is 6.92 Å². The van der Waals surface area contributed by atoms with E-state index in [1.807, 2.05) is 0 Å². The van der Waals surface area contributed by atoms with Gasteiger partial charge in [-0.1, -0.05) is 0 Å². The van der Waals surface area contributed by atoms with Crippen molar-refractivity contribution in [3.8, 4) is 0 Å². The average molecular weight is 328 g/mol. The van der Waals surface area contributed by atoms with E-state index in [1.165, 1.54) is 20.0 Å². The number of carbonyl (C=O) groups is 3. The Kier molecular flexibility index (Phi) is 4.47. The molecule has 22 heavy (non-hydrogen) atoms. The molecule has 0 aromatic carbocycles. The Morgan fingerprint density at radius 1 is 1.50 bits per heavy atom. The van der Waals surface area contributed by atoms with Gasteiger partial charge in [0.2, 0.25) is 11.8 Å². The fourth-order valence-corrected chi connectivity index (χ4v) is 3.77. The largest absolute Gasteiger partial charge is 0.477 e. The molecule has 1 unspecified atom stereocenters. The minimum Gasteiger partial charge on any atom is -0.477 e. The standard InChI is InChI=1S/C13H16N2O6S/c1-6(16)10-8-5-9(22(21)4-3-14-7(2)17)11(13(19)20)15(8)12(10)18/h3-4,6,8,10,16H,5H2,1-2H3,(H,14,17)(H,19,20)/t6-,8+,10+,22?/m0/s1. The van der Waals surface area contributed by atoms with Crippen molar-refractivity contribution in [1.29, 1.82) is 0 Å². The zero-order valence-electron chi connectivity index (χ0n) is 12.0. The molecule has 9 heteroatoms. The summed E-state index contributed by atoms with van der Waals surface area (Å²) in [5.74, 6) is -2.84. The van der Waals surface area contributed by atoms with Crippen molar-refractivity contribution in [2.75, 3.05) is 0 Å². The zero-order chi connectivity index (χ0) is 16.6. The van der Waals surface area contributed by atoms with E-state index in [1.54, 1.807) is 0 Å². The number of hydrogen-bond acceptors (Lipinski definition) is 5. The van der Waals surface area contributed by atoms with Crippen LogP contribution in [-0.2, 0) is 25.2 Å². The van der Waals surface area contributed by atoms with Crippen molar-refractivity contribution in [1.82, 2.24) is 10.2 Å². The quantitative estimate of drug-likeness (QED) is 0.571. The third kappa shape index (κ3) is 2.69. The number of aliphatic hydroxyl groups excluding tert-OH is 1. The van der Waals surface area contributed by atoms with Crippen molar-refractivity contribution < 1.29 is 28.8 Å². The van der Waals surface area contributed by atoms with Crippen LogP contribution in [0.2, 0.25) is 0 Å². The van der Waals surface area contributed by atoms with Crippen LogP contribution in [0.5, 0.6) is 0 Å². The first kappa shape index (κ1) is 16.4. The maximum Gasteiger partial charge on any atom is 0.353 e. The van der Waals surface area contributed by atoms with E-state index >= 15 is 0 Å². The molecule has 3 N–H and O–H groups in total. The maximum absolute atomic E-state index is 12.2. The predicted molar refractivity (Wildman–Crippen MR) is 76.2 cm³/mol. The number of aliphatic carboxylic acids is 1. The van der Waals surface area contributed by atoms with E-state index in [-0.39, 0.29) is 22.9 Å². The number of fused-ring (bicyclic) bond motifs is 1. The topological polar surface area (TPSA) is 124 Å². The number of carbonyl (C=O) groups excluding carboxylic acids is 2. The molecule has 2 amide bonds. The third-order valence-corrected chi connectivity index (χ3v) is 4.84. The highest BCUT2D eigenvalue weighted by molar-refractivity contribution is 7.91. The smallest absolute Gasteiger partial charge is 0.353 e. The lowest BCUT2D eigenvalue weighted by atomic mass is 9.83. The molecule has 0 bridgehead atoms. The first-order valence-electron chi connectivity index (χ1n) is 6.57. The Hall–Kier alpha value is -2.00. The molecule has 0 aromatic heterocycles. The lowest BCUT2D eigenvalue weighted by Gasteiger charge is -2.44. The van der Waals surface area contributed by atoms with Gasteiger partial charge in [0.15, 0.2) is 0 Å². The molecule has 0 radical (unpaired) electrons. The molecule has 2 rings (SSSR count). The van der Waals surface area contributed by atoms with Crippen molar-refractivity contribution in [3.05, 3.63) is 22.2 Å².